The first kappa shape index (κ1) is 47.1. The molecule has 1 unspecified atom stereocenters. The second-order valence-corrected chi connectivity index (χ2v) is 11.7. The van der Waals surface area contributed by atoms with Crippen LogP contribution in [-0.4, -0.2) is 156 Å². The van der Waals surface area contributed by atoms with Crippen molar-refractivity contribution in [3.8, 4) is 12.3 Å². The van der Waals surface area contributed by atoms with Gasteiger partial charge in [-0.1, -0.05) is 12.8 Å². The van der Waals surface area contributed by atoms with Gasteiger partial charge in [0.2, 0.25) is 0 Å². The van der Waals surface area contributed by atoms with Gasteiger partial charge in [0.1, 0.15) is 18.0 Å². The van der Waals surface area contributed by atoms with Crippen LogP contribution in [0.5, 0.6) is 0 Å². The summed E-state index contributed by atoms with van der Waals surface area (Å²) in [6.07, 6.45) is 7.11. The Hall–Kier alpha value is -1.90. The highest BCUT2D eigenvalue weighted by Gasteiger charge is 2.18. The lowest BCUT2D eigenvalue weighted by molar-refractivity contribution is -0.125. The number of hydrogen-bond acceptors (Lipinski definition) is 13. The molecule has 49 heavy (non-hydrogen) atoms. The molecule has 0 aliphatic carbocycles. The van der Waals surface area contributed by atoms with Gasteiger partial charge in [0, 0.05) is 38.7 Å². The number of rotatable bonds is 37. The maximum atomic E-state index is 13.0. The molecular weight excluding hydrogens is 642 g/mol. The number of Topliss-reactive ketones (excluding diaryl/α,β-unsaturated/α-hetero) is 1. The fourth-order valence-corrected chi connectivity index (χ4v) is 3.85. The van der Waals surface area contributed by atoms with Crippen LogP contribution in [0.1, 0.15) is 53.4 Å². The molecule has 0 saturated heterocycles. The fourth-order valence-electron chi connectivity index (χ4n) is 3.85. The van der Waals surface area contributed by atoms with Crippen molar-refractivity contribution < 1.29 is 61.7 Å². The molecule has 0 rings (SSSR count). The third-order valence-electron chi connectivity index (χ3n) is 6.22. The standard InChI is InChI=1S/C35H65NO13/c1-6-12-39-18-24-45-26-20-41-14-8-32(33(37)10-16-43-22-28-48-31-30-46-25-19-40-13-7-2)9-15-42-21-27-47-29-23-44-17-11-36-34(38)49-35(3,4)5/h2,32H,6,8-31H2,1,3-5H3,(H,36,38). The number of terminal acetylenes is 1. The number of amides is 1. The first-order valence-electron chi connectivity index (χ1n) is 17.5. The van der Waals surface area contributed by atoms with Crippen LogP contribution in [0.3, 0.4) is 0 Å². The zero-order valence-electron chi connectivity index (χ0n) is 30.6. The van der Waals surface area contributed by atoms with E-state index in [4.69, 9.17) is 58.5 Å². The Morgan fingerprint density at radius 3 is 1.39 bits per heavy atom. The lowest BCUT2D eigenvalue weighted by Gasteiger charge is -2.19. The maximum absolute atomic E-state index is 13.0. The summed E-state index contributed by atoms with van der Waals surface area (Å²) in [5.41, 5.74) is -0.534. The van der Waals surface area contributed by atoms with E-state index in [1.165, 1.54) is 0 Å². The second-order valence-electron chi connectivity index (χ2n) is 11.7. The third kappa shape index (κ3) is 37.2. The molecule has 1 amide bonds. The fraction of sp³-hybridized carbons (Fsp3) is 0.886. The number of carbonyl (C=O) groups is 2. The van der Waals surface area contributed by atoms with Crippen molar-refractivity contribution in [1.82, 2.24) is 5.32 Å². The van der Waals surface area contributed by atoms with E-state index in [9.17, 15) is 9.59 Å². The van der Waals surface area contributed by atoms with Crippen molar-refractivity contribution in [3.63, 3.8) is 0 Å². The van der Waals surface area contributed by atoms with Crippen LogP contribution in [0.2, 0.25) is 0 Å². The summed E-state index contributed by atoms with van der Waals surface area (Å²) < 4.78 is 60.1. The van der Waals surface area contributed by atoms with Crippen LogP contribution in [0.4, 0.5) is 4.79 Å². The summed E-state index contributed by atoms with van der Waals surface area (Å²) in [6, 6.07) is 0. The number of hydrogen-bond donors (Lipinski definition) is 1. The number of ether oxygens (including phenoxy) is 11. The van der Waals surface area contributed by atoms with Crippen molar-refractivity contribution in [3.05, 3.63) is 0 Å². The lowest BCUT2D eigenvalue weighted by Crippen LogP contribution is -2.34. The van der Waals surface area contributed by atoms with Gasteiger partial charge >= 0.3 is 6.09 Å². The van der Waals surface area contributed by atoms with Crippen LogP contribution < -0.4 is 5.32 Å². The molecule has 14 nitrogen and oxygen atoms in total. The average molecular weight is 708 g/mol. The molecule has 1 N–H and O–H groups in total. The Kier molecular flexibility index (Phi) is 34.5. The van der Waals surface area contributed by atoms with Crippen LogP contribution in [-0.2, 0) is 56.9 Å². The average Bonchev–Trinajstić information content (AvgIpc) is 3.06. The number of ketones is 1. The van der Waals surface area contributed by atoms with E-state index in [0.29, 0.717) is 145 Å². The van der Waals surface area contributed by atoms with Gasteiger partial charge in [-0.3, -0.25) is 4.79 Å². The summed E-state index contributed by atoms with van der Waals surface area (Å²) in [5, 5.41) is 2.63. The van der Waals surface area contributed by atoms with Gasteiger partial charge in [0.15, 0.2) is 0 Å². The molecule has 0 heterocycles. The highest BCUT2D eigenvalue weighted by atomic mass is 16.6. The van der Waals surface area contributed by atoms with E-state index in [1.807, 2.05) is 20.8 Å². The van der Waals surface area contributed by atoms with E-state index in [2.05, 4.69) is 18.2 Å². The minimum Gasteiger partial charge on any atom is -0.444 e. The van der Waals surface area contributed by atoms with Crippen LogP contribution in [0, 0.1) is 18.3 Å². The van der Waals surface area contributed by atoms with Gasteiger partial charge in [-0.25, -0.2) is 4.79 Å². The van der Waals surface area contributed by atoms with Crippen molar-refractivity contribution in [2.24, 2.45) is 5.92 Å². The summed E-state index contributed by atoms with van der Waals surface area (Å²) in [7, 11) is 0. The minimum atomic E-state index is -0.534. The van der Waals surface area contributed by atoms with Crippen molar-refractivity contribution in [1.29, 1.82) is 0 Å². The van der Waals surface area contributed by atoms with Crippen molar-refractivity contribution in [2.45, 2.75) is 59.0 Å². The van der Waals surface area contributed by atoms with Crippen molar-refractivity contribution in [2.75, 3.05) is 139 Å². The van der Waals surface area contributed by atoms with Gasteiger partial charge in [-0.05, 0) is 40.0 Å². The molecule has 0 bridgehead atoms. The highest BCUT2D eigenvalue weighted by Crippen LogP contribution is 2.13. The lowest BCUT2D eigenvalue weighted by atomic mass is 9.95. The molecule has 0 aliphatic rings. The molecular formula is C35H65NO13. The summed E-state index contributed by atoms with van der Waals surface area (Å²) in [5.74, 6) is 2.31. The van der Waals surface area contributed by atoms with Crippen LogP contribution in [0.25, 0.3) is 0 Å². The molecule has 0 aliphatic heterocycles. The third-order valence-corrected chi connectivity index (χ3v) is 6.22. The molecule has 0 aromatic heterocycles. The summed E-state index contributed by atoms with van der Waals surface area (Å²) in [6.45, 7) is 16.7. The zero-order valence-corrected chi connectivity index (χ0v) is 30.6. The van der Waals surface area contributed by atoms with Crippen LogP contribution >= 0.6 is 0 Å². The smallest absolute Gasteiger partial charge is 0.407 e. The molecule has 0 radical (unpaired) electrons. The summed E-state index contributed by atoms with van der Waals surface area (Å²) in [4.78, 5) is 24.6. The van der Waals surface area contributed by atoms with Gasteiger partial charge in [0.25, 0.3) is 0 Å². The number of carbonyl (C=O) groups excluding carboxylic acids is 2. The van der Waals surface area contributed by atoms with E-state index in [0.717, 1.165) is 13.0 Å². The van der Waals surface area contributed by atoms with E-state index < -0.39 is 11.7 Å². The predicted molar refractivity (Wildman–Crippen MR) is 184 cm³/mol. The molecule has 14 heteroatoms. The van der Waals surface area contributed by atoms with E-state index >= 15 is 0 Å². The minimum absolute atomic E-state index is 0.118. The molecule has 288 valence electrons. The van der Waals surface area contributed by atoms with E-state index in [1.54, 1.807) is 0 Å². The second kappa shape index (κ2) is 35.9. The van der Waals surface area contributed by atoms with Crippen molar-refractivity contribution >= 4 is 11.9 Å². The highest BCUT2D eigenvalue weighted by molar-refractivity contribution is 5.81. The normalized spacial score (nSPS) is 12.1. The number of alkyl carbamates (subject to hydrolysis) is 1. The van der Waals surface area contributed by atoms with Gasteiger partial charge in [-0.15, -0.1) is 6.42 Å². The van der Waals surface area contributed by atoms with Gasteiger partial charge < -0.3 is 57.4 Å². The zero-order chi connectivity index (χ0) is 36.1. The first-order valence-corrected chi connectivity index (χ1v) is 17.5. The quantitative estimate of drug-likeness (QED) is 0.0746. The SMILES string of the molecule is C#CCOCCOCCOCCOCCC(=O)C(CCOCCOCCOCCC)CCOCCOCCOCCNC(=O)OC(C)(C)C. The Bertz CT molecular complexity index is 788. The van der Waals surface area contributed by atoms with Gasteiger partial charge in [0.05, 0.1) is 106 Å². The van der Waals surface area contributed by atoms with Gasteiger partial charge in [-0.2, -0.15) is 0 Å². The number of nitrogens with one attached hydrogen (secondary N) is 1. The summed E-state index contributed by atoms with van der Waals surface area (Å²) >= 11 is 0. The molecule has 1 atom stereocenters. The molecule has 0 fully saturated rings. The van der Waals surface area contributed by atoms with Crippen LogP contribution in [0.15, 0.2) is 0 Å². The molecule has 0 saturated carbocycles. The maximum Gasteiger partial charge on any atom is 0.407 e. The largest absolute Gasteiger partial charge is 0.444 e. The molecule has 0 aromatic carbocycles. The Morgan fingerprint density at radius 2 is 0.959 bits per heavy atom. The predicted octanol–water partition coefficient (Wildman–Crippen LogP) is 3.08. The first-order chi connectivity index (χ1) is 23.8. The molecule has 0 spiro atoms. The Balaban J connectivity index is 4.10. The Morgan fingerprint density at radius 1 is 0.571 bits per heavy atom. The topological polar surface area (TPSA) is 148 Å². The van der Waals surface area contributed by atoms with E-state index in [-0.39, 0.29) is 18.3 Å². The monoisotopic (exact) mass is 707 g/mol. The molecule has 0 aromatic rings. The Labute approximate surface area is 294 Å².